The second-order valence-electron chi connectivity index (χ2n) is 5.81. The molecular weight excluding hydrogens is 262 g/mol. The summed E-state index contributed by atoms with van der Waals surface area (Å²) in [6.45, 7) is 10.8. The molecule has 0 bridgehead atoms. The lowest BCUT2D eigenvalue weighted by atomic mass is 9.80. The summed E-state index contributed by atoms with van der Waals surface area (Å²) in [6.07, 6.45) is 7.27. The Morgan fingerprint density at radius 2 is 2.30 bits per heavy atom. The van der Waals surface area contributed by atoms with Crippen molar-refractivity contribution in [3.63, 3.8) is 0 Å². The van der Waals surface area contributed by atoms with Gasteiger partial charge in [0.25, 0.3) is 0 Å². The summed E-state index contributed by atoms with van der Waals surface area (Å²) >= 11 is 1.72. The zero-order chi connectivity index (χ0) is 14.5. The molecule has 1 aromatic rings. The van der Waals surface area contributed by atoms with Gasteiger partial charge < -0.3 is 0 Å². The van der Waals surface area contributed by atoms with E-state index in [4.69, 9.17) is 4.99 Å². The van der Waals surface area contributed by atoms with Crippen molar-refractivity contribution >= 4 is 22.7 Å². The molecule has 0 saturated heterocycles. The van der Waals surface area contributed by atoms with E-state index < -0.39 is 0 Å². The molecule has 1 aliphatic carbocycles. The van der Waals surface area contributed by atoms with Gasteiger partial charge in [0.15, 0.2) is 0 Å². The first-order valence-corrected chi connectivity index (χ1v) is 8.54. The highest BCUT2D eigenvalue weighted by Gasteiger charge is 2.19. The lowest BCUT2D eigenvalue weighted by Crippen LogP contribution is -2.12. The lowest BCUT2D eigenvalue weighted by molar-refractivity contribution is 0.375. The van der Waals surface area contributed by atoms with E-state index in [9.17, 15) is 0 Å². The Labute approximate surface area is 127 Å². The van der Waals surface area contributed by atoms with Gasteiger partial charge in [-0.1, -0.05) is 26.8 Å². The van der Waals surface area contributed by atoms with Crippen LogP contribution < -0.4 is 0 Å². The molecule has 0 aromatic carbocycles. The molecule has 1 aliphatic rings. The molecule has 1 unspecified atom stereocenters. The molecule has 2 heteroatoms. The second kappa shape index (κ2) is 7.03. The van der Waals surface area contributed by atoms with Crippen molar-refractivity contribution in [1.29, 1.82) is 0 Å². The molecular formula is C18H25NS. The van der Waals surface area contributed by atoms with Crippen molar-refractivity contribution in [2.24, 2.45) is 16.8 Å². The van der Waals surface area contributed by atoms with Crippen LogP contribution in [0.1, 0.15) is 52.0 Å². The maximum Gasteiger partial charge on any atom is 0.0712 e. The van der Waals surface area contributed by atoms with Gasteiger partial charge in [0.1, 0.15) is 0 Å². The first-order valence-electron chi connectivity index (χ1n) is 7.60. The Morgan fingerprint density at radius 3 is 2.80 bits per heavy atom. The average molecular weight is 287 g/mol. The van der Waals surface area contributed by atoms with E-state index in [1.807, 2.05) is 0 Å². The molecule has 1 saturated carbocycles. The summed E-state index contributed by atoms with van der Waals surface area (Å²) in [7, 11) is 0. The molecule has 0 aliphatic heterocycles. The number of aliphatic imine (C=N–C) groups is 1. The van der Waals surface area contributed by atoms with Gasteiger partial charge in [0.2, 0.25) is 0 Å². The number of allylic oxidation sites excluding steroid dienone is 2. The van der Waals surface area contributed by atoms with Crippen LogP contribution in [0.25, 0.3) is 5.70 Å². The molecule has 1 fully saturated rings. The minimum Gasteiger partial charge on any atom is -0.257 e. The summed E-state index contributed by atoms with van der Waals surface area (Å²) in [5.74, 6) is 1.22. The number of rotatable bonds is 6. The SMILES string of the molecule is C=C(/C=C(\N=C(\C)C(C)CC)c1ccsc1)C1CCC1. The Hall–Kier alpha value is -1.15. The minimum atomic E-state index is 0.536. The maximum atomic E-state index is 4.89. The van der Waals surface area contributed by atoms with Gasteiger partial charge >= 0.3 is 0 Å². The normalized spacial score (nSPS) is 18.8. The van der Waals surface area contributed by atoms with E-state index in [0.29, 0.717) is 11.8 Å². The third-order valence-electron chi connectivity index (χ3n) is 4.39. The van der Waals surface area contributed by atoms with Gasteiger partial charge in [-0.05, 0) is 61.1 Å². The smallest absolute Gasteiger partial charge is 0.0712 e. The Morgan fingerprint density at radius 1 is 1.55 bits per heavy atom. The Bertz CT molecular complexity index is 504. The monoisotopic (exact) mass is 287 g/mol. The molecule has 20 heavy (non-hydrogen) atoms. The summed E-state index contributed by atoms with van der Waals surface area (Å²) < 4.78 is 0. The van der Waals surface area contributed by atoms with E-state index in [0.717, 1.165) is 12.1 Å². The van der Waals surface area contributed by atoms with Gasteiger partial charge in [-0.15, -0.1) is 0 Å². The van der Waals surface area contributed by atoms with Crippen molar-refractivity contribution < 1.29 is 0 Å². The van der Waals surface area contributed by atoms with Crippen LogP contribution in [0.4, 0.5) is 0 Å². The molecule has 2 rings (SSSR count). The maximum absolute atomic E-state index is 4.89. The molecule has 0 radical (unpaired) electrons. The van der Waals surface area contributed by atoms with Crippen molar-refractivity contribution in [1.82, 2.24) is 0 Å². The molecule has 1 heterocycles. The third kappa shape index (κ3) is 3.69. The summed E-state index contributed by atoms with van der Waals surface area (Å²) in [5.41, 5.74) is 4.77. The molecule has 1 nitrogen and oxygen atoms in total. The van der Waals surface area contributed by atoms with Crippen LogP contribution in [0.5, 0.6) is 0 Å². The first kappa shape index (κ1) is 15.2. The molecule has 1 aromatic heterocycles. The largest absolute Gasteiger partial charge is 0.257 e. The summed E-state index contributed by atoms with van der Waals surface area (Å²) in [6, 6.07) is 2.15. The highest BCUT2D eigenvalue weighted by molar-refractivity contribution is 7.08. The fraction of sp³-hybridized carbons (Fsp3) is 0.500. The van der Waals surface area contributed by atoms with Crippen LogP contribution in [0.2, 0.25) is 0 Å². The number of hydrogen-bond acceptors (Lipinski definition) is 2. The van der Waals surface area contributed by atoms with Gasteiger partial charge in [-0.3, -0.25) is 4.99 Å². The van der Waals surface area contributed by atoms with Crippen molar-refractivity contribution in [2.75, 3.05) is 0 Å². The fourth-order valence-corrected chi connectivity index (χ4v) is 2.91. The van der Waals surface area contributed by atoms with E-state index in [-0.39, 0.29) is 0 Å². The second-order valence-corrected chi connectivity index (χ2v) is 6.59. The van der Waals surface area contributed by atoms with Crippen molar-refractivity contribution in [3.05, 3.63) is 40.6 Å². The summed E-state index contributed by atoms with van der Waals surface area (Å²) in [5, 5.41) is 4.29. The van der Waals surface area contributed by atoms with Gasteiger partial charge in [-0.2, -0.15) is 11.3 Å². The lowest BCUT2D eigenvalue weighted by Gasteiger charge is -2.26. The average Bonchev–Trinajstić information content (AvgIpc) is 2.88. The van der Waals surface area contributed by atoms with Crippen LogP contribution in [0.3, 0.4) is 0 Å². The van der Waals surface area contributed by atoms with E-state index >= 15 is 0 Å². The van der Waals surface area contributed by atoms with E-state index in [1.165, 1.54) is 36.1 Å². The van der Waals surface area contributed by atoms with Crippen LogP contribution in [0, 0.1) is 11.8 Å². The Balaban J connectivity index is 2.25. The van der Waals surface area contributed by atoms with Gasteiger partial charge in [0.05, 0.1) is 5.70 Å². The quantitative estimate of drug-likeness (QED) is 0.452. The Kier molecular flexibility index (Phi) is 5.36. The van der Waals surface area contributed by atoms with Crippen molar-refractivity contribution in [3.8, 4) is 0 Å². The van der Waals surface area contributed by atoms with E-state index in [2.05, 4.69) is 50.3 Å². The number of hydrogen-bond donors (Lipinski definition) is 0. The number of thiophene rings is 1. The fourth-order valence-electron chi connectivity index (χ4n) is 2.26. The zero-order valence-electron chi connectivity index (χ0n) is 12.9. The molecule has 0 N–H and O–H groups in total. The van der Waals surface area contributed by atoms with E-state index in [1.54, 1.807) is 11.3 Å². The molecule has 108 valence electrons. The van der Waals surface area contributed by atoms with Gasteiger partial charge in [0, 0.05) is 16.7 Å². The minimum absolute atomic E-state index is 0.536. The zero-order valence-corrected chi connectivity index (χ0v) is 13.7. The predicted molar refractivity (Wildman–Crippen MR) is 91.3 cm³/mol. The van der Waals surface area contributed by atoms with Gasteiger partial charge in [-0.25, -0.2) is 0 Å². The molecule has 0 amide bonds. The molecule has 1 atom stereocenters. The standard InChI is InChI=1S/C18H25NS/c1-5-13(2)15(4)19-18(17-9-10-20-12-17)11-14(3)16-7-6-8-16/h9-13,16H,3,5-8H2,1-2,4H3/b18-11-,19-15-. The van der Waals surface area contributed by atoms with Crippen LogP contribution in [-0.4, -0.2) is 5.71 Å². The van der Waals surface area contributed by atoms with Crippen LogP contribution >= 0.6 is 11.3 Å². The van der Waals surface area contributed by atoms with Crippen molar-refractivity contribution in [2.45, 2.75) is 46.5 Å². The first-order chi connectivity index (χ1) is 9.61. The highest BCUT2D eigenvalue weighted by Crippen LogP contribution is 2.34. The van der Waals surface area contributed by atoms with Crippen LogP contribution in [-0.2, 0) is 0 Å². The highest BCUT2D eigenvalue weighted by atomic mass is 32.1. The summed E-state index contributed by atoms with van der Waals surface area (Å²) in [4.78, 5) is 4.89. The van der Waals surface area contributed by atoms with Crippen LogP contribution in [0.15, 0.2) is 40.0 Å². The third-order valence-corrected chi connectivity index (χ3v) is 5.07. The predicted octanol–water partition coefficient (Wildman–Crippen LogP) is 5.95. The number of nitrogens with zero attached hydrogens (tertiary/aromatic N) is 1. The molecule has 0 spiro atoms. The topological polar surface area (TPSA) is 12.4 Å².